The zero-order valence-corrected chi connectivity index (χ0v) is 26.6. The van der Waals surface area contributed by atoms with E-state index in [1.54, 1.807) is 30.3 Å². The van der Waals surface area contributed by atoms with E-state index in [-0.39, 0.29) is 29.7 Å². The number of carbonyl (C=O) groups is 2. The SMILES string of the molecule is CCNC(=O)[C@H](Cc1ccccc1)N(Cc1ccc(C)cc1)C(=O)CN(c1ccc(C(C)C)cc1)S(=O)(=O)c1ccccc1. The van der Waals surface area contributed by atoms with Gasteiger partial charge in [-0.2, -0.15) is 0 Å². The van der Waals surface area contributed by atoms with Crippen LogP contribution in [0, 0.1) is 6.92 Å². The maximum Gasteiger partial charge on any atom is 0.264 e. The van der Waals surface area contributed by atoms with Crippen molar-refractivity contribution in [1.29, 1.82) is 0 Å². The van der Waals surface area contributed by atoms with Gasteiger partial charge in [-0.3, -0.25) is 13.9 Å². The summed E-state index contributed by atoms with van der Waals surface area (Å²) in [5, 5.41) is 2.89. The van der Waals surface area contributed by atoms with Gasteiger partial charge in [-0.1, -0.05) is 104 Å². The fourth-order valence-corrected chi connectivity index (χ4v) is 6.45. The van der Waals surface area contributed by atoms with Gasteiger partial charge in [-0.15, -0.1) is 0 Å². The molecule has 7 nitrogen and oxygen atoms in total. The van der Waals surface area contributed by atoms with E-state index < -0.39 is 28.5 Å². The first-order valence-electron chi connectivity index (χ1n) is 14.9. The van der Waals surface area contributed by atoms with Crippen molar-refractivity contribution in [3.63, 3.8) is 0 Å². The van der Waals surface area contributed by atoms with Gasteiger partial charge in [0.2, 0.25) is 11.8 Å². The van der Waals surface area contributed by atoms with Crippen LogP contribution in [0.2, 0.25) is 0 Å². The second-order valence-electron chi connectivity index (χ2n) is 11.2. The van der Waals surface area contributed by atoms with Crippen LogP contribution >= 0.6 is 0 Å². The first-order chi connectivity index (χ1) is 21.1. The van der Waals surface area contributed by atoms with Crippen molar-refractivity contribution < 1.29 is 18.0 Å². The Hall–Kier alpha value is -4.43. The van der Waals surface area contributed by atoms with Gasteiger partial charge in [-0.05, 0) is 60.7 Å². The van der Waals surface area contributed by atoms with Gasteiger partial charge in [0.15, 0.2) is 0 Å². The molecular formula is C36H41N3O4S. The number of sulfonamides is 1. The predicted molar refractivity (Wildman–Crippen MR) is 176 cm³/mol. The molecule has 0 bridgehead atoms. The molecule has 44 heavy (non-hydrogen) atoms. The Labute approximate surface area is 261 Å². The molecule has 0 aliphatic rings. The molecule has 4 aromatic carbocycles. The molecular weight excluding hydrogens is 570 g/mol. The fourth-order valence-electron chi connectivity index (χ4n) is 5.01. The lowest BCUT2D eigenvalue weighted by Crippen LogP contribution is -2.53. The lowest BCUT2D eigenvalue weighted by Gasteiger charge is -2.34. The smallest absolute Gasteiger partial charge is 0.264 e. The average molecular weight is 612 g/mol. The minimum Gasteiger partial charge on any atom is -0.355 e. The standard InChI is InChI=1S/C36H41N3O4S/c1-5-37-36(41)34(24-29-12-8-6-9-13-29)38(25-30-18-16-28(4)17-19-30)35(40)26-39(32-22-20-31(21-23-32)27(2)3)44(42,43)33-14-10-7-11-15-33/h6-23,27,34H,5,24-26H2,1-4H3,(H,37,41)/t34-/m0/s1. The zero-order chi connectivity index (χ0) is 31.7. The van der Waals surface area contributed by atoms with Crippen LogP contribution in [0.5, 0.6) is 0 Å². The van der Waals surface area contributed by atoms with Gasteiger partial charge in [0.25, 0.3) is 10.0 Å². The second kappa shape index (κ2) is 14.8. The third kappa shape index (κ3) is 8.14. The highest BCUT2D eigenvalue weighted by Gasteiger charge is 2.34. The van der Waals surface area contributed by atoms with Gasteiger partial charge < -0.3 is 10.2 Å². The summed E-state index contributed by atoms with van der Waals surface area (Å²) in [7, 11) is -4.12. The van der Waals surface area contributed by atoms with Crippen molar-refractivity contribution in [3.05, 3.63) is 131 Å². The quantitative estimate of drug-likeness (QED) is 0.198. The van der Waals surface area contributed by atoms with Crippen LogP contribution in [0.25, 0.3) is 0 Å². The van der Waals surface area contributed by atoms with E-state index in [9.17, 15) is 18.0 Å². The third-order valence-electron chi connectivity index (χ3n) is 7.55. The topological polar surface area (TPSA) is 86.8 Å². The number of likely N-dealkylation sites (N-methyl/N-ethyl adjacent to an activating group) is 1. The van der Waals surface area contributed by atoms with Crippen molar-refractivity contribution in [3.8, 4) is 0 Å². The number of hydrogen-bond acceptors (Lipinski definition) is 4. The Morgan fingerprint density at radius 3 is 1.93 bits per heavy atom. The lowest BCUT2D eigenvalue weighted by molar-refractivity contribution is -0.140. The number of anilines is 1. The molecule has 1 atom stereocenters. The van der Waals surface area contributed by atoms with E-state index >= 15 is 0 Å². The van der Waals surface area contributed by atoms with Crippen LogP contribution in [0.3, 0.4) is 0 Å². The molecule has 0 aromatic heterocycles. The molecule has 1 N–H and O–H groups in total. The summed E-state index contributed by atoms with van der Waals surface area (Å²) in [6.07, 6.45) is 0.277. The van der Waals surface area contributed by atoms with Gasteiger partial charge in [0, 0.05) is 19.5 Å². The first kappa shape index (κ1) is 32.5. The molecule has 0 radical (unpaired) electrons. The Morgan fingerprint density at radius 1 is 0.773 bits per heavy atom. The summed E-state index contributed by atoms with van der Waals surface area (Å²) < 4.78 is 29.3. The van der Waals surface area contributed by atoms with E-state index in [0.29, 0.717) is 12.2 Å². The summed E-state index contributed by atoms with van der Waals surface area (Å²) in [6, 6.07) is 31.8. The molecule has 0 fully saturated rings. The maximum atomic E-state index is 14.4. The normalized spacial score (nSPS) is 12.0. The highest BCUT2D eigenvalue weighted by Crippen LogP contribution is 2.27. The highest BCUT2D eigenvalue weighted by molar-refractivity contribution is 7.92. The van der Waals surface area contributed by atoms with Crippen molar-refractivity contribution in [2.24, 2.45) is 0 Å². The van der Waals surface area contributed by atoms with Gasteiger partial charge in [-0.25, -0.2) is 8.42 Å². The molecule has 0 spiro atoms. The van der Waals surface area contributed by atoms with E-state index in [2.05, 4.69) is 19.2 Å². The van der Waals surface area contributed by atoms with E-state index in [1.165, 1.54) is 17.0 Å². The molecule has 4 aromatic rings. The zero-order valence-electron chi connectivity index (χ0n) is 25.8. The molecule has 0 aliphatic heterocycles. The number of carbonyl (C=O) groups excluding carboxylic acids is 2. The Morgan fingerprint density at radius 2 is 1.36 bits per heavy atom. The van der Waals surface area contributed by atoms with Crippen LogP contribution in [-0.2, 0) is 32.6 Å². The van der Waals surface area contributed by atoms with Gasteiger partial charge in [0.05, 0.1) is 10.6 Å². The van der Waals surface area contributed by atoms with E-state index in [0.717, 1.165) is 26.6 Å². The van der Waals surface area contributed by atoms with Crippen LogP contribution < -0.4 is 9.62 Å². The molecule has 2 amide bonds. The third-order valence-corrected chi connectivity index (χ3v) is 9.34. The molecule has 0 unspecified atom stereocenters. The minimum absolute atomic E-state index is 0.0791. The van der Waals surface area contributed by atoms with E-state index in [1.807, 2.05) is 80.6 Å². The number of rotatable bonds is 13. The monoisotopic (exact) mass is 611 g/mol. The highest BCUT2D eigenvalue weighted by atomic mass is 32.2. The van der Waals surface area contributed by atoms with Crippen molar-refractivity contribution >= 4 is 27.5 Å². The number of benzene rings is 4. The van der Waals surface area contributed by atoms with E-state index in [4.69, 9.17) is 0 Å². The van der Waals surface area contributed by atoms with Crippen LogP contribution in [0.1, 0.15) is 48.9 Å². The van der Waals surface area contributed by atoms with Crippen LogP contribution in [0.4, 0.5) is 5.69 Å². The largest absolute Gasteiger partial charge is 0.355 e. The summed E-state index contributed by atoms with van der Waals surface area (Å²) in [5.41, 5.74) is 4.23. The van der Waals surface area contributed by atoms with Gasteiger partial charge in [0.1, 0.15) is 12.6 Å². The second-order valence-corrected chi connectivity index (χ2v) is 13.0. The van der Waals surface area contributed by atoms with Gasteiger partial charge >= 0.3 is 0 Å². The molecule has 0 saturated heterocycles. The van der Waals surface area contributed by atoms with Crippen molar-refractivity contribution in [2.45, 2.75) is 57.5 Å². The summed E-state index contributed by atoms with van der Waals surface area (Å²) in [6.45, 7) is 8.00. The fraction of sp³-hybridized carbons (Fsp3) is 0.278. The number of nitrogens with zero attached hydrogens (tertiary/aromatic N) is 2. The summed E-state index contributed by atoms with van der Waals surface area (Å²) >= 11 is 0. The molecule has 8 heteroatoms. The number of aryl methyl sites for hydroxylation is 1. The molecule has 0 aliphatic carbocycles. The Kier molecular flexibility index (Phi) is 11.0. The van der Waals surface area contributed by atoms with Crippen molar-refractivity contribution in [2.75, 3.05) is 17.4 Å². The molecule has 0 saturated carbocycles. The van der Waals surface area contributed by atoms with Crippen LogP contribution in [-0.4, -0.2) is 44.3 Å². The summed E-state index contributed by atoms with van der Waals surface area (Å²) in [5.74, 6) is -0.522. The van der Waals surface area contributed by atoms with Crippen molar-refractivity contribution in [1.82, 2.24) is 10.2 Å². The molecule has 4 rings (SSSR count). The molecule has 230 valence electrons. The Balaban J connectivity index is 1.79. The predicted octanol–water partition coefficient (Wildman–Crippen LogP) is 6.09. The number of nitrogens with one attached hydrogen (secondary N) is 1. The molecule has 0 heterocycles. The minimum atomic E-state index is -4.12. The summed E-state index contributed by atoms with van der Waals surface area (Å²) in [4.78, 5) is 29.6. The average Bonchev–Trinajstić information content (AvgIpc) is 3.03. The Bertz CT molecular complexity index is 1620. The number of amides is 2. The lowest BCUT2D eigenvalue weighted by atomic mass is 10.0. The number of hydrogen-bond donors (Lipinski definition) is 1. The first-order valence-corrected chi connectivity index (χ1v) is 16.4. The van der Waals surface area contributed by atoms with Crippen LogP contribution in [0.15, 0.2) is 114 Å². The maximum absolute atomic E-state index is 14.4.